The van der Waals surface area contributed by atoms with Crippen molar-refractivity contribution in [3.63, 3.8) is 0 Å². The van der Waals surface area contributed by atoms with Gasteiger partial charge in [-0.2, -0.15) is 0 Å². The minimum absolute atomic E-state index is 0.140. The minimum atomic E-state index is -0.639. The number of hydrogen-bond acceptors (Lipinski definition) is 4. The molecule has 1 aliphatic heterocycles. The summed E-state index contributed by atoms with van der Waals surface area (Å²) < 4.78 is 5.64. The molecule has 6 nitrogen and oxygen atoms in total. The van der Waals surface area contributed by atoms with Crippen LogP contribution in [0.15, 0.2) is 77.4 Å². The Morgan fingerprint density at radius 3 is 2.40 bits per heavy atom. The van der Waals surface area contributed by atoms with Crippen molar-refractivity contribution in [1.29, 1.82) is 0 Å². The second-order valence-electron chi connectivity index (χ2n) is 7.40. The number of nitrogens with one attached hydrogen (secondary N) is 2. The van der Waals surface area contributed by atoms with Gasteiger partial charge in [0.25, 0.3) is 0 Å². The molecule has 0 unspecified atom stereocenters. The quantitative estimate of drug-likeness (QED) is 0.621. The van der Waals surface area contributed by atoms with Gasteiger partial charge in [0.1, 0.15) is 5.76 Å². The van der Waals surface area contributed by atoms with Gasteiger partial charge in [-0.25, -0.2) is 0 Å². The topological polar surface area (TPSA) is 74.6 Å². The van der Waals surface area contributed by atoms with Gasteiger partial charge in [0.05, 0.1) is 12.3 Å². The molecule has 0 bridgehead atoms. The molecule has 2 amide bonds. The van der Waals surface area contributed by atoms with Crippen LogP contribution in [-0.4, -0.2) is 29.8 Å². The highest BCUT2D eigenvalue weighted by Crippen LogP contribution is 2.27. The predicted octanol–water partition coefficient (Wildman–Crippen LogP) is 2.81. The first-order valence-corrected chi connectivity index (χ1v) is 10.1. The number of carbonyl (C=O) groups is 2. The van der Waals surface area contributed by atoms with Crippen LogP contribution in [0.2, 0.25) is 0 Å². The maximum Gasteiger partial charge on any atom is 0.309 e. The predicted molar refractivity (Wildman–Crippen MR) is 113 cm³/mol. The van der Waals surface area contributed by atoms with Crippen molar-refractivity contribution < 1.29 is 14.0 Å². The van der Waals surface area contributed by atoms with Crippen LogP contribution < -0.4 is 10.6 Å². The molecule has 1 aliphatic rings. The van der Waals surface area contributed by atoms with Crippen LogP contribution in [0, 0.1) is 0 Å². The standard InChI is InChI=1S/C24H25N3O3/c28-23(25-15-18-7-2-1-3-8-18)24(29)26-16-21(22-11-6-14-30-22)27-13-12-19-9-4-5-10-20(19)17-27/h1-11,14,21H,12-13,15-17H2,(H,25,28)(H,26,29)/t21-/m0/s1. The molecule has 2 aromatic carbocycles. The lowest BCUT2D eigenvalue weighted by Crippen LogP contribution is -2.45. The van der Waals surface area contributed by atoms with Crippen LogP contribution in [-0.2, 0) is 29.1 Å². The normalized spacial score (nSPS) is 14.5. The Balaban J connectivity index is 1.37. The Morgan fingerprint density at radius 1 is 0.900 bits per heavy atom. The number of benzene rings is 2. The second-order valence-corrected chi connectivity index (χ2v) is 7.40. The van der Waals surface area contributed by atoms with Gasteiger partial charge in [0.15, 0.2) is 0 Å². The molecule has 2 heterocycles. The fraction of sp³-hybridized carbons (Fsp3) is 0.250. The molecule has 0 fully saturated rings. The van der Waals surface area contributed by atoms with Gasteiger partial charge in [0.2, 0.25) is 0 Å². The molecule has 0 saturated heterocycles. The number of rotatable bonds is 6. The van der Waals surface area contributed by atoms with E-state index in [9.17, 15) is 9.59 Å². The van der Waals surface area contributed by atoms with Crippen molar-refractivity contribution in [2.45, 2.75) is 25.6 Å². The van der Waals surface area contributed by atoms with Gasteiger partial charge in [-0.15, -0.1) is 0 Å². The summed E-state index contributed by atoms with van der Waals surface area (Å²) in [7, 11) is 0. The van der Waals surface area contributed by atoms with E-state index in [1.807, 2.05) is 48.5 Å². The molecule has 1 aromatic heterocycles. The van der Waals surface area contributed by atoms with E-state index in [4.69, 9.17) is 4.42 Å². The molecule has 30 heavy (non-hydrogen) atoms. The first-order chi connectivity index (χ1) is 14.7. The van der Waals surface area contributed by atoms with Gasteiger partial charge in [-0.05, 0) is 35.2 Å². The van der Waals surface area contributed by atoms with Gasteiger partial charge >= 0.3 is 11.8 Å². The molecular weight excluding hydrogens is 378 g/mol. The summed E-state index contributed by atoms with van der Waals surface area (Å²) in [5.41, 5.74) is 3.59. The lowest BCUT2D eigenvalue weighted by molar-refractivity contribution is -0.139. The first kappa shape index (κ1) is 19.9. The third kappa shape index (κ3) is 4.78. The van der Waals surface area contributed by atoms with Crippen molar-refractivity contribution in [1.82, 2.24) is 15.5 Å². The molecular formula is C24H25N3O3. The molecule has 0 aliphatic carbocycles. The van der Waals surface area contributed by atoms with E-state index in [0.29, 0.717) is 13.1 Å². The van der Waals surface area contributed by atoms with Crippen LogP contribution >= 0.6 is 0 Å². The fourth-order valence-electron chi connectivity index (χ4n) is 3.80. The van der Waals surface area contributed by atoms with Crippen LogP contribution in [0.5, 0.6) is 0 Å². The number of carbonyl (C=O) groups excluding carboxylic acids is 2. The highest BCUT2D eigenvalue weighted by molar-refractivity contribution is 6.35. The van der Waals surface area contributed by atoms with E-state index in [0.717, 1.165) is 30.8 Å². The second kappa shape index (κ2) is 9.41. The Morgan fingerprint density at radius 2 is 1.63 bits per heavy atom. The van der Waals surface area contributed by atoms with E-state index in [2.05, 4.69) is 33.7 Å². The van der Waals surface area contributed by atoms with Crippen LogP contribution in [0.1, 0.15) is 28.5 Å². The molecule has 0 radical (unpaired) electrons. The average molecular weight is 403 g/mol. The maximum absolute atomic E-state index is 12.3. The van der Waals surface area contributed by atoms with Gasteiger partial charge < -0.3 is 15.1 Å². The van der Waals surface area contributed by atoms with E-state index in [-0.39, 0.29) is 6.04 Å². The average Bonchev–Trinajstić information content (AvgIpc) is 3.32. The van der Waals surface area contributed by atoms with E-state index in [1.54, 1.807) is 6.26 Å². The molecule has 0 saturated carbocycles. The van der Waals surface area contributed by atoms with Crippen molar-refractivity contribution in [2.75, 3.05) is 13.1 Å². The van der Waals surface area contributed by atoms with Crippen molar-refractivity contribution in [2.24, 2.45) is 0 Å². The van der Waals surface area contributed by atoms with Crippen molar-refractivity contribution >= 4 is 11.8 Å². The molecule has 6 heteroatoms. The zero-order valence-electron chi connectivity index (χ0n) is 16.7. The smallest absolute Gasteiger partial charge is 0.309 e. The lowest BCUT2D eigenvalue weighted by atomic mass is 9.98. The number of nitrogens with zero attached hydrogens (tertiary/aromatic N) is 1. The zero-order chi connectivity index (χ0) is 20.8. The van der Waals surface area contributed by atoms with Crippen LogP contribution in [0.4, 0.5) is 0 Å². The first-order valence-electron chi connectivity index (χ1n) is 10.1. The fourth-order valence-corrected chi connectivity index (χ4v) is 3.80. The van der Waals surface area contributed by atoms with Gasteiger partial charge in [0, 0.05) is 26.2 Å². The number of hydrogen-bond donors (Lipinski definition) is 2. The molecule has 0 spiro atoms. The Labute approximate surface area is 175 Å². The highest BCUT2D eigenvalue weighted by Gasteiger charge is 2.27. The summed E-state index contributed by atoms with van der Waals surface area (Å²) in [5.74, 6) is -0.500. The van der Waals surface area contributed by atoms with E-state index in [1.165, 1.54) is 11.1 Å². The van der Waals surface area contributed by atoms with Crippen LogP contribution in [0.3, 0.4) is 0 Å². The summed E-state index contributed by atoms with van der Waals surface area (Å²) in [6.45, 7) is 2.25. The van der Waals surface area contributed by atoms with Crippen molar-refractivity contribution in [3.05, 3.63) is 95.4 Å². The zero-order valence-corrected chi connectivity index (χ0v) is 16.7. The molecule has 1 atom stereocenters. The largest absolute Gasteiger partial charge is 0.468 e. The SMILES string of the molecule is O=C(NCc1ccccc1)C(=O)NC[C@@H](c1ccco1)N1CCc2ccccc2C1. The highest BCUT2D eigenvalue weighted by atomic mass is 16.3. The lowest BCUT2D eigenvalue weighted by Gasteiger charge is -2.34. The Bertz CT molecular complexity index is 986. The third-order valence-electron chi connectivity index (χ3n) is 5.43. The van der Waals surface area contributed by atoms with Crippen molar-refractivity contribution in [3.8, 4) is 0 Å². The third-order valence-corrected chi connectivity index (χ3v) is 5.43. The molecule has 154 valence electrons. The van der Waals surface area contributed by atoms with Gasteiger partial charge in [-0.1, -0.05) is 54.6 Å². The minimum Gasteiger partial charge on any atom is -0.468 e. The molecule has 3 aromatic rings. The number of furan rings is 1. The van der Waals surface area contributed by atoms with Crippen LogP contribution in [0.25, 0.3) is 0 Å². The summed E-state index contributed by atoms with van der Waals surface area (Å²) in [6, 6.07) is 21.5. The summed E-state index contributed by atoms with van der Waals surface area (Å²) in [6.07, 6.45) is 2.58. The Hall–Kier alpha value is -3.38. The monoisotopic (exact) mass is 403 g/mol. The van der Waals surface area contributed by atoms with E-state index >= 15 is 0 Å². The molecule has 2 N–H and O–H groups in total. The summed E-state index contributed by atoms with van der Waals surface area (Å²) in [5, 5.41) is 5.44. The summed E-state index contributed by atoms with van der Waals surface area (Å²) >= 11 is 0. The molecule has 4 rings (SSSR count). The number of amides is 2. The summed E-state index contributed by atoms with van der Waals surface area (Å²) in [4.78, 5) is 26.8. The number of fused-ring (bicyclic) bond motifs is 1. The maximum atomic E-state index is 12.3. The Kier molecular flexibility index (Phi) is 6.25. The van der Waals surface area contributed by atoms with Gasteiger partial charge in [-0.3, -0.25) is 14.5 Å². The van der Waals surface area contributed by atoms with E-state index < -0.39 is 11.8 Å².